The predicted molar refractivity (Wildman–Crippen MR) is 74.7 cm³/mol. The minimum atomic E-state index is -0.272. The summed E-state index contributed by atoms with van der Waals surface area (Å²) in [7, 11) is 0. The highest BCUT2D eigenvalue weighted by Crippen LogP contribution is 2.17. The maximum atomic E-state index is 12.8. The van der Waals surface area contributed by atoms with Crippen LogP contribution in [0.2, 0.25) is 0 Å². The van der Waals surface area contributed by atoms with Gasteiger partial charge in [-0.2, -0.15) is 0 Å². The number of halogens is 1. The van der Waals surface area contributed by atoms with Crippen LogP contribution >= 0.6 is 0 Å². The van der Waals surface area contributed by atoms with Crippen molar-refractivity contribution < 1.29 is 9.13 Å². The minimum absolute atomic E-state index is 0.190. The lowest BCUT2D eigenvalue weighted by Gasteiger charge is -2.15. The summed E-state index contributed by atoms with van der Waals surface area (Å²) in [5.74, 6) is 0.353. The lowest BCUT2D eigenvalue weighted by molar-refractivity contribution is 0.290. The van der Waals surface area contributed by atoms with Crippen LogP contribution in [-0.4, -0.2) is 6.61 Å². The standard InChI is InChI=1S/C16H18FNO/c1-11-3-4-13(9-12(11)2)16(18)10-19-15-7-5-14(17)6-8-15/h3-9,16H,10,18H2,1-2H3. The molecule has 0 bridgehead atoms. The van der Waals surface area contributed by atoms with E-state index in [1.165, 1.54) is 23.3 Å². The topological polar surface area (TPSA) is 35.2 Å². The molecule has 0 spiro atoms. The Labute approximate surface area is 113 Å². The van der Waals surface area contributed by atoms with E-state index in [0.29, 0.717) is 12.4 Å². The Morgan fingerprint density at radius 3 is 2.37 bits per heavy atom. The molecule has 0 aromatic heterocycles. The van der Waals surface area contributed by atoms with Crippen molar-refractivity contribution in [1.29, 1.82) is 0 Å². The molecule has 0 fully saturated rings. The molecule has 2 rings (SSSR count). The molecule has 0 aliphatic rings. The number of ether oxygens (including phenoxy) is 1. The first-order valence-electron chi connectivity index (χ1n) is 6.27. The maximum Gasteiger partial charge on any atom is 0.123 e. The number of aryl methyl sites for hydroxylation is 2. The van der Waals surface area contributed by atoms with Crippen molar-refractivity contribution in [2.24, 2.45) is 5.73 Å². The van der Waals surface area contributed by atoms with E-state index in [-0.39, 0.29) is 11.9 Å². The second-order valence-electron chi connectivity index (χ2n) is 4.72. The first-order chi connectivity index (χ1) is 9.06. The normalized spacial score (nSPS) is 12.2. The third-order valence-corrected chi connectivity index (χ3v) is 3.20. The number of hydrogen-bond donors (Lipinski definition) is 1. The minimum Gasteiger partial charge on any atom is -0.492 e. The first-order valence-corrected chi connectivity index (χ1v) is 6.27. The van der Waals surface area contributed by atoms with Crippen LogP contribution in [0.3, 0.4) is 0 Å². The quantitative estimate of drug-likeness (QED) is 0.911. The molecule has 100 valence electrons. The van der Waals surface area contributed by atoms with Crippen molar-refractivity contribution in [2.75, 3.05) is 6.61 Å². The summed E-state index contributed by atoms with van der Waals surface area (Å²) in [4.78, 5) is 0. The molecule has 0 radical (unpaired) electrons. The summed E-state index contributed by atoms with van der Waals surface area (Å²) in [6.07, 6.45) is 0. The van der Waals surface area contributed by atoms with Gasteiger partial charge in [-0.05, 0) is 54.8 Å². The van der Waals surface area contributed by atoms with Crippen LogP contribution in [-0.2, 0) is 0 Å². The number of hydrogen-bond acceptors (Lipinski definition) is 2. The van der Waals surface area contributed by atoms with Crippen LogP contribution in [0.25, 0.3) is 0 Å². The van der Waals surface area contributed by atoms with E-state index in [9.17, 15) is 4.39 Å². The third kappa shape index (κ3) is 3.55. The third-order valence-electron chi connectivity index (χ3n) is 3.20. The van der Waals surface area contributed by atoms with E-state index in [1.807, 2.05) is 6.07 Å². The second kappa shape index (κ2) is 5.85. The molecule has 1 atom stereocenters. The van der Waals surface area contributed by atoms with Crippen LogP contribution in [0.15, 0.2) is 42.5 Å². The van der Waals surface area contributed by atoms with Gasteiger partial charge in [-0.3, -0.25) is 0 Å². The highest BCUT2D eigenvalue weighted by molar-refractivity contribution is 5.31. The van der Waals surface area contributed by atoms with Gasteiger partial charge >= 0.3 is 0 Å². The molecule has 0 saturated heterocycles. The lowest BCUT2D eigenvalue weighted by atomic mass is 10.0. The van der Waals surface area contributed by atoms with Gasteiger partial charge in [-0.25, -0.2) is 4.39 Å². The molecule has 19 heavy (non-hydrogen) atoms. The molecule has 0 aliphatic carbocycles. The van der Waals surface area contributed by atoms with E-state index in [1.54, 1.807) is 12.1 Å². The SMILES string of the molecule is Cc1ccc(C(N)COc2ccc(F)cc2)cc1C. The molecule has 0 saturated carbocycles. The van der Waals surface area contributed by atoms with Crippen LogP contribution in [0.5, 0.6) is 5.75 Å². The van der Waals surface area contributed by atoms with E-state index in [4.69, 9.17) is 10.5 Å². The van der Waals surface area contributed by atoms with Crippen LogP contribution < -0.4 is 10.5 Å². The molecular weight excluding hydrogens is 241 g/mol. The zero-order valence-corrected chi connectivity index (χ0v) is 11.2. The lowest BCUT2D eigenvalue weighted by Crippen LogP contribution is -2.19. The fourth-order valence-electron chi connectivity index (χ4n) is 1.81. The molecule has 2 N–H and O–H groups in total. The molecule has 0 amide bonds. The summed E-state index contributed by atoms with van der Waals surface area (Å²) in [5.41, 5.74) is 9.60. The van der Waals surface area contributed by atoms with E-state index < -0.39 is 0 Å². The smallest absolute Gasteiger partial charge is 0.123 e. The van der Waals surface area contributed by atoms with Gasteiger partial charge in [0.2, 0.25) is 0 Å². The Morgan fingerprint density at radius 1 is 1.05 bits per heavy atom. The van der Waals surface area contributed by atoms with Crippen LogP contribution in [0, 0.1) is 19.7 Å². The molecular formula is C16H18FNO. The average Bonchev–Trinajstić information content (AvgIpc) is 2.41. The maximum absolute atomic E-state index is 12.8. The average molecular weight is 259 g/mol. The fourth-order valence-corrected chi connectivity index (χ4v) is 1.81. The van der Waals surface area contributed by atoms with Gasteiger partial charge in [-0.15, -0.1) is 0 Å². The van der Waals surface area contributed by atoms with Crippen molar-refractivity contribution in [3.05, 3.63) is 65.0 Å². The summed E-state index contributed by atoms with van der Waals surface area (Å²) in [6, 6.07) is 11.9. The van der Waals surface area contributed by atoms with E-state index in [0.717, 1.165) is 5.56 Å². The zero-order valence-electron chi connectivity index (χ0n) is 11.2. The van der Waals surface area contributed by atoms with Gasteiger partial charge in [0, 0.05) is 0 Å². The summed E-state index contributed by atoms with van der Waals surface area (Å²) < 4.78 is 18.3. The Kier molecular flexibility index (Phi) is 4.17. The van der Waals surface area contributed by atoms with Gasteiger partial charge in [0.15, 0.2) is 0 Å². The highest BCUT2D eigenvalue weighted by atomic mass is 19.1. The molecule has 0 heterocycles. The Balaban J connectivity index is 1.98. The fraction of sp³-hybridized carbons (Fsp3) is 0.250. The second-order valence-corrected chi connectivity index (χ2v) is 4.72. The molecule has 2 aromatic carbocycles. The van der Waals surface area contributed by atoms with Crippen molar-refractivity contribution in [3.8, 4) is 5.75 Å². The molecule has 2 nitrogen and oxygen atoms in total. The largest absolute Gasteiger partial charge is 0.492 e. The van der Waals surface area contributed by atoms with Crippen molar-refractivity contribution >= 4 is 0 Å². The first kappa shape index (κ1) is 13.6. The van der Waals surface area contributed by atoms with Crippen molar-refractivity contribution in [3.63, 3.8) is 0 Å². The summed E-state index contributed by atoms with van der Waals surface area (Å²) in [6.45, 7) is 4.50. The number of benzene rings is 2. The van der Waals surface area contributed by atoms with Gasteiger partial charge in [0.1, 0.15) is 18.2 Å². The molecule has 0 aliphatic heterocycles. The van der Waals surface area contributed by atoms with E-state index >= 15 is 0 Å². The monoisotopic (exact) mass is 259 g/mol. The van der Waals surface area contributed by atoms with Crippen molar-refractivity contribution in [1.82, 2.24) is 0 Å². The van der Waals surface area contributed by atoms with Gasteiger partial charge in [0.25, 0.3) is 0 Å². The van der Waals surface area contributed by atoms with Crippen molar-refractivity contribution in [2.45, 2.75) is 19.9 Å². The number of rotatable bonds is 4. The van der Waals surface area contributed by atoms with Gasteiger partial charge in [0.05, 0.1) is 6.04 Å². The zero-order chi connectivity index (χ0) is 13.8. The Hall–Kier alpha value is -1.87. The molecule has 3 heteroatoms. The summed E-state index contributed by atoms with van der Waals surface area (Å²) >= 11 is 0. The molecule has 1 unspecified atom stereocenters. The van der Waals surface area contributed by atoms with Crippen LogP contribution in [0.1, 0.15) is 22.7 Å². The van der Waals surface area contributed by atoms with Crippen LogP contribution in [0.4, 0.5) is 4.39 Å². The number of nitrogens with two attached hydrogens (primary N) is 1. The van der Waals surface area contributed by atoms with Gasteiger partial charge < -0.3 is 10.5 Å². The van der Waals surface area contributed by atoms with Gasteiger partial charge in [-0.1, -0.05) is 18.2 Å². The van der Waals surface area contributed by atoms with E-state index in [2.05, 4.69) is 26.0 Å². The Bertz CT molecular complexity index is 551. The molecule has 2 aromatic rings. The predicted octanol–water partition coefficient (Wildman–Crippen LogP) is 3.52. The highest BCUT2D eigenvalue weighted by Gasteiger charge is 2.08. The Morgan fingerprint density at radius 2 is 1.74 bits per heavy atom. The summed E-state index contributed by atoms with van der Waals surface area (Å²) in [5, 5.41) is 0.